The zero-order valence-corrected chi connectivity index (χ0v) is 15.6. The van der Waals surface area contributed by atoms with E-state index in [1.54, 1.807) is 38.2 Å². The Hall–Kier alpha value is -2.58. The van der Waals surface area contributed by atoms with Crippen molar-refractivity contribution in [1.29, 1.82) is 0 Å². The molecule has 7 nitrogen and oxygen atoms in total. The maximum atomic E-state index is 12.7. The second-order valence-electron chi connectivity index (χ2n) is 5.49. The molecule has 2 aromatic heterocycles. The van der Waals surface area contributed by atoms with Crippen LogP contribution >= 0.6 is 11.6 Å². The second-order valence-corrected chi connectivity index (χ2v) is 7.55. The zero-order chi connectivity index (χ0) is 18.9. The summed E-state index contributed by atoms with van der Waals surface area (Å²) in [5, 5.41) is 4.43. The highest BCUT2D eigenvalue weighted by molar-refractivity contribution is 7.92. The minimum absolute atomic E-state index is 0.0870. The predicted molar refractivity (Wildman–Crippen MR) is 98.1 cm³/mol. The molecule has 0 atom stereocenters. The number of halogens is 1. The van der Waals surface area contributed by atoms with Crippen LogP contribution < -0.4 is 4.72 Å². The Morgan fingerprint density at radius 3 is 2.85 bits per heavy atom. The molecule has 9 heteroatoms. The lowest BCUT2D eigenvalue weighted by Gasteiger charge is -2.11. The standard InChI is InChI=1S/C17H16ClN3O4S/c1-3-25-17(22)13-10-19-21-8-7-12(9-15(13)21)20-26(23,24)16-6-4-5-14(18)11(16)2/h4-10,20H,3H2,1-2H3. The Balaban J connectivity index is 1.99. The number of aromatic nitrogens is 2. The van der Waals surface area contributed by atoms with E-state index in [2.05, 4.69) is 9.82 Å². The van der Waals surface area contributed by atoms with E-state index in [0.717, 1.165) is 0 Å². The van der Waals surface area contributed by atoms with Gasteiger partial charge in [-0.25, -0.2) is 17.7 Å². The summed E-state index contributed by atoms with van der Waals surface area (Å²) in [6, 6.07) is 7.75. The van der Waals surface area contributed by atoms with E-state index in [1.165, 1.54) is 22.8 Å². The summed E-state index contributed by atoms with van der Waals surface area (Å²) < 4.78 is 34.3. The van der Waals surface area contributed by atoms with E-state index in [0.29, 0.717) is 21.8 Å². The number of fused-ring (bicyclic) bond motifs is 1. The van der Waals surface area contributed by atoms with E-state index in [-0.39, 0.29) is 17.1 Å². The van der Waals surface area contributed by atoms with Gasteiger partial charge in [0, 0.05) is 11.2 Å². The molecule has 0 unspecified atom stereocenters. The van der Waals surface area contributed by atoms with Crippen LogP contribution in [0.15, 0.2) is 47.6 Å². The van der Waals surface area contributed by atoms with Crippen LogP contribution in [0.25, 0.3) is 5.52 Å². The lowest BCUT2D eigenvalue weighted by molar-refractivity contribution is 0.0528. The molecule has 3 rings (SSSR count). The average Bonchev–Trinajstić information content (AvgIpc) is 3.00. The maximum Gasteiger partial charge on any atom is 0.341 e. The molecule has 0 spiro atoms. The Bertz CT molecular complexity index is 1090. The Labute approximate surface area is 155 Å². The van der Waals surface area contributed by atoms with Crippen molar-refractivity contribution in [2.45, 2.75) is 18.7 Å². The number of carbonyl (C=O) groups is 1. The summed E-state index contributed by atoms with van der Waals surface area (Å²) in [5.74, 6) is -0.520. The molecule has 0 aliphatic heterocycles. The van der Waals surface area contributed by atoms with Gasteiger partial charge in [0.05, 0.1) is 28.9 Å². The molecular weight excluding hydrogens is 378 g/mol. The van der Waals surface area contributed by atoms with E-state index < -0.39 is 16.0 Å². The van der Waals surface area contributed by atoms with Crippen molar-refractivity contribution in [1.82, 2.24) is 9.61 Å². The second kappa shape index (κ2) is 6.97. The normalized spacial score (nSPS) is 11.5. The van der Waals surface area contributed by atoms with Gasteiger partial charge in [0.15, 0.2) is 0 Å². The molecule has 0 fully saturated rings. The number of nitrogens with zero attached hydrogens (tertiary/aromatic N) is 2. The number of carbonyl (C=O) groups excluding carboxylic acids is 1. The number of pyridine rings is 1. The fourth-order valence-electron chi connectivity index (χ4n) is 2.50. The van der Waals surface area contributed by atoms with Crippen LogP contribution in [0.3, 0.4) is 0 Å². The molecule has 0 aliphatic rings. The van der Waals surface area contributed by atoms with Gasteiger partial charge in [-0.05, 0) is 43.7 Å². The molecular formula is C17H16ClN3O4S. The molecule has 136 valence electrons. The Morgan fingerprint density at radius 1 is 1.35 bits per heavy atom. The number of benzene rings is 1. The number of sulfonamides is 1. The van der Waals surface area contributed by atoms with Crippen LogP contribution in [-0.2, 0) is 14.8 Å². The lowest BCUT2D eigenvalue weighted by Crippen LogP contribution is -2.14. The van der Waals surface area contributed by atoms with Gasteiger partial charge in [0.25, 0.3) is 10.0 Å². The maximum absolute atomic E-state index is 12.7. The number of anilines is 1. The number of hydrogen-bond acceptors (Lipinski definition) is 5. The van der Waals surface area contributed by atoms with Crippen molar-refractivity contribution < 1.29 is 17.9 Å². The average molecular weight is 394 g/mol. The first-order valence-corrected chi connectivity index (χ1v) is 9.62. The van der Waals surface area contributed by atoms with E-state index in [9.17, 15) is 13.2 Å². The van der Waals surface area contributed by atoms with Gasteiger partial charge >= 0.3 is 5.97 Å². The van der Waals surface area contributed by atoms with Crippen molar-refractivity contribution in [2.75, 3.05) is 11.3 Å². The first kappa shape index (κ1) is 18.2. The van der Waals surface area contributed by atoms with Gasteiger partial charge in [-0.3, -0.25) is 4.72 Å². The molecule has 0 saturated heterocycles. The van der Waals surface area contributed by atoms with Crippen molar-refractivity contribution in [2.24, 2.45) is 0 Å². The predicted octanol–water partition coefficient (Wildman–Crippen LogP) is 3.27. The van der Waals surface area contributed by atoms with Gasteiger partial charge in [-0.2, -0.15) is 5.10 Å². The van der Waals surface area contributed by atoms with E-state index in [4.69, 9.17) is 16.3 Å². The third-order valence-corrected chi connectivity index (χ3v) is 5.71. The van der Waals surface area contributed by atoms with Crippen LogP contribution in [-0.4, -0.2) is 30.6 Å². The number of esters is 1. The van der Waals surface area contributed by atoms with Crippen LogP contribution in [0.5, 0.6) is 0 Å². The molecule has 0 amide bonds. The summed E-state index contributed by atoms with van der Waals surface area (Å²) >= 11 is 6.02. The molecule has 1 N–H and O–H groups in total. The first-order valence-electron chi connectivity index (χ1n) is 7.76. The summed E-state index contributed by atoms with van der Waals surface area (Å²) in [7, 11) is -3.84. The van der Waals surface area contributed by atoms with Gasteiger partial charge in [0.1, 0.15) is 5.56 Å². The monoisotopic (exact) mass is 393 g/mol. The number of rotatable bonds is 5. The van der Waals surface area contributed by atoms with Gasteiger partial charge in [-0.1, -0.05) is 17.7 Å². The van der Waals surface area contributed by atoms with Gasteiger partial charge < -0.3 is 4.74 Å². The fourth-order valence-corrected chi connectivity index (χ4v) is 4.05. The zero-order valence-electron chi connectivity index (χ0n) is 14.1. The molecule has 0 aliphatic carbocycles. The summed E-state index contributed by atoms with van der Waals surface area (Å²) in [6.45, 7) is 3.57. The number of ether oxygens (including phenoxy) is 1. The minimum Gasteiger partial charge on any atom is -0.462 e. The van der Waals surface area contributed by atoms with Crippen molar-refractivity contribution in [3.8, 4) is 0 Å². The smallest absolute Gasteiger partial charge is 0.341 e. The van der Waals surface area contributed by atoms with E-state index in [1.807, 2.05) is 0 Å². The largest absolute Gasteiger partial charge is 0.462 e. The van der Waals surface area contributed by atoms with Crippen LogP contribution in [0, 0.1) is 6.92 Å². The Morgan fingerprint density at radius 2 is 2.12 bits per heavy atom. The van der Waals surface area contributed by atoms with Gasteiger partial charge in [-0.15, -0.1) is 0 Å². The van der Waals surface area contributed by atoms with Crippen LogP contribution in [0.1, 0.15) is 22.8 Å². The molecule has 0 bridgehead atoms. The minimum atomic E-state index is -3.84. The van der Waals surface area contributed by atoms with Crippen molar-refractivity contribution >= 4 is 38.8 Å². The highest BCUT2D eigenvalue weighted by Gasteiger charge is 2.20. The molecule has 26 heavy (non-hydrogen) atoms. The highest BCUT2D eigenvalue weighted by Crippen LogP contribution is 2.25. The quantitative estimate of drug-likeness (QED) is 0.672. The number of nitrogens with one attached hydrogen (secondary N) is 1. The molecule has 2 heterocycles. The number of hydrogen-bond donors (Lipinski definition) is 1. The van der Waals surface area contributed by atoms with Crippen molar-refractivity contribution in [3.63, 3.8) is 0 Å². The molecule has 0 saturated carbocycles. The van der Waals surface area contributed by atoms with Crippen LogP contribution in [0.2, 0.25) is 5.02 Å². The summed E-state index contributed by atoms with van der Waals surface area (Å²) in [4.78, 5) is 12.1. The summed E-state index contributed by atoms with van der Waals surface area (Å²) in [6.07, 6.45) is 2.94. The Kier molecular flexibility index (Phi) is 4.88. The van der Waals surface area contributed by atoms with E-state index >= 15 is 0 Å². The lowest BCUT2D eigenvalue weighted by atomic mass is 10.2. The van der Waals surface area contributed by atoms with Gasteiger partial charge in [0.2, 0.25) is 0 Å². The first-order chi connectivity index (χ1) is 12.3. The molecule has 1 aromatic carbocycles. The highest BCUT2D eigenvalue weighted by atomic mass is 35.5. The molecule has 0 radical (unpaired) electrons. The van der Waals surface area contributed by atoms with Crippen molar-refractivity contribution in [3.05, 3.63) is 58.9 Å². The van der Waals surface area contributed by atoms with Crippen LogP contribution in [0.4, 0.5) is 5.69 Å². The third kappa shape index (κ3) is 3.38. The third-order valence-electron chi connectivity index (χ3n) is 3.78. The topological polar surface area (TPSA) is 89.8 Å². The molecule has 3 aromatic rings. The SMILES string of the molecule is CCOC(=O)c1cnn2ccc(NS(=O)(=O)c3cccc(Cl)c3C)cc12. The fraction of sp³-hybridized carbons (Fsp3) is 0.176. The summed E-state index contributed by atoms with van der Waals surface area (Å²) in [5.41, 5.74) is 1.44.